The summed E-state index contributed by atoms with van der Waals surface area (Å²) < 4.78 is 5.98. The normalized spacial score (nSPS) is 25.4. The molecule has 0 radical (unpaired) electrons. The van der Waals surface area contributed by atoms with Gasteiger partial charge in [0, 0.05) is 18.7 Å². The van der Waals surface area contributed by atoms with Crippen molar-refractivity contribution in [3.8, 4) is 5.75 Å². The molecule has 3 heterocycles. The molecular formula is C25H35N5O3. The molecule has 0 bridgehead atoms. The number of benzene rings is 1. The van der Waals surface area contributed by atoms with Crippen LogP contribution in [-0.4, -0.2) is 59.4 Å². The number of hydrogen-bond donors (Lipinski definition) is 2. The lowest BCUT2D eigenvalue weighted by Gasteiger charge is -2.47. The average molecular weight is 454 g/mol. The molecule has 0 aromatic heterocycles. The number of rotatable bonds is 8. The van der Waals surface area contributed by atoms with E-state index in [9.17, 15) is 9.59 Å². The number of nitrogens with two attached hydrogens (primary N) is 1. The largest absolute Gasteiger partial charge is 0.494 e. The number of unbranched alkanes of at least 4 members (excludes halogenated alkanes) is 1. The first-order chi connectivity index (χ1) is 16.1. The van der Waals surface area contributed by atoms with Gasteiger partial charge in [0.15, 0.2) is 0 Å². The number of carbonyl (C=O) groups is 2. The number of likely N-dealkylation sites (tertiary alicyclic amines) is 1. The van der Waals surface area contributed by atoms with Crippen molar-refractivity contribution < 1.29 is 14.3 Å². The van der Waals surface area contributed by atoms with Crippen molar-refractivity contribution in [1.82, 2.24) is 15.1 Å². The number of hydrogen-bond acceptors (Lipinski definition) is 6. The van der Waals surface area contributed by atoms with Crippen molar-refractivity contribution in [1.29, 1.82) is 0 Å². The van der Waals surface area contributed by atoms with Crippen molar-refractivity contribution in [3.63, 3.8) is 0 Å². The molecule has 3 aliphatic heterocycles. The Kier molecular flexibility index (Phi) is 6.53. The van der Waals surface area contributed by atoms with Crippen LogP contribution in [0.25, 0.3) is 0 Å². The Balaban J connectivity index is 1.11. The van der Waals surface area contributed by atoms with E-state index in [1.165, 1.54) is 38.5 Å². The zero-order valence-electron chi connectivity index (χ0n) is 19.3. The summed E-state index contributed by atoms with van der Waals surface area (Å²) >= 11 is 0. The van der Waals surface area contributed by atoms with Crippen LogP contribution < -0.4 is 15.8 Å². The molecule has 33 heavy (non-hydrogen) atoms. The van der Waals surface area contributed by atoms with Gasteiger partial charge in [-0.1, -0.05) is 18.9 Å². The highest BCUT2D eigenvalue weighted by atomic mass is 16.5. The molecular weight excluding hydrogens is 418 g/mol. The third-order valence-corrected chi connectivity index (χ3v) is 7.69. The highest BCUT2D eigenvalue weighted by molar-refractivity contribution is 6.05. The van der Waals surface area contributed by atoms with Crippen LogP contribution in [0.15, 0.2) is 23.2 Å². The van der Waals surface area contributed by atoms with E-state index in [4.69, 9.17) is 10.5 Å². The van der Waals surface area contributed by atoms with Crippen molar-refractivity contribution in [2.75, 3.05) is 19.7 Å². The van der Waals surface area contributed by atoms with Gasteiger partial charge in [-0.15, -0.1) is 0 Å². The van der Waals surface area contributed by atoms with E-state index in [2.05, 4.69) is 15.2 Å². The van der Waals surface area contributed by atoms with E-state index in [0.29, 0.717) is 31.7 Å². The third-order valence-electron chi connectivity index (χ3n) is 7.69. The first-order valence-corrected chi connectivity index (χ1v) is 12.5. The zero-order valence-corrected chi connectivity index (χ0v) is 19.3. The number of aliphatic imine (C=N–C) groups is 1. The molecule has 2 saturated heterocycles. The molecule has 5 rings (SSSR count). The van der Waals surface area contributed by atoms with Crippen molar-refractivity contribution in [3.05, 3.63) is 23.8 Å². The first-order valence-electron chi connectivity index (χ1n) is 12.5. The molecule has 1 aromatic carbocycles. The summed E-state index contributed by atoms with van der Waals surface area (Å²) in [5.41, 5.74) is 7.79. The van der Waals surface area contributed by atoms with Crippen LogP contribution in [-0.2, 0) is 16.1 Å². The molecule has 1 aliphatic carbocycles. The van der Waals surface area contributed by atoms with Gasteiger partial charge in [-0.3, -0.25) is 19.8 Å². The van der Waals surface area contributed by atoms with Crippen LogP contribution in [0, 0.1) is 5.92 Å². The summed E-state index contributed by atoms with van der Waals surface area (Å²) in [5, 5.41) is 2.79. The molecule has 3 atom stereocenters. The second-order valence-corrected chi connectivity index (χ2v) is 9.88. The smallest absolute Gasteiger partial charge is 0.246 e. The molecule has 3 fully saturated rings. The van der Waals surface area contributed by atoms with Crippen LogP contribution in [0.5, 0.6) is 5.75 Å². The van der Waals surface area contributed by atoms with Crippen molar-refractivity contribution >= 4 is 23.5 Å². The Hall–Kier alpha value is -2.61. The summed E-state index contributed by atoms with van der Waals surface area (Å²) in [6, 6.07) is 6.31. The molecule has 3 unspecified atom stereocenters. The minimum atomic E-state index is -0.177. The Labute approximate surface area is 195 Å². The van der Waals surface area contributed by atoms with Gasteiger partial charge < -0.3 is 15.4 Å². The lowest BCUT2D eigenvalue weighted by molar-refractivity contribution is -0.126. The topological polar surface area (TPSA) is 100 Å². The summed E-state index contributed by atoms with van der Waals surface area (Å²) in [4.78, 5) is 32.8. The predicted octanol–water partition coefficient (Wildman–Crippen LogP) is 2.68. The lowest BCUT2D eigenvalue weighted by Crippen LogP contribution is -2.55. The fourth-order valence-corrected chi connectivity index (χ4v) is 6.06. The van der Waals surface area contributed by atoms with Crippen LogP contribution in [0.3, 0.4) is 0 Å². The molecule has 4 aliphatic rings. The molecule has 1 saturated carbocycles. The number of amides is 2. The van der Waals surface area contributed by atoms with Gasteiger partial charge in [-0.25, -0.2) is 4.99 Å². The van der Waals surface area contributed by atoms with Gasteiger partial charge in [0.05, 0.1) is 18.3 Å². The van der Waals surface area contributed by atoms with Gasteiger partial charge in [0.25, 0.3) is 0 Å². The second kappa shape index (κ2) is 9.71. The van der Waals surface area contributed by atoms with Crippen LogP contribution in [0.2, 0.25) is 0 Å². The molecule has 2 amide bonds. The highest BCUT2D eigenvalue weighted by Crippen LogP contribution is 2.37. The van der Waals surface area contributed by atoms with Gasteiger partial charge in [-0.05, 0) is 69.0 Å². The Morgan fingerprint density at radius 1 is 1.18 bits per heavy atom. The maximum Gasteiger partial charge on any atom is 0.246 e. The third kappa shape index (κ3) is 4.86. The number of fused-ring (bicyclic) bond motifs is 3. The second-order valence-electron chi connectivity index (χ2n) is 9.88. The van der Waals surface area contributed by atoms with E-state index in [0.717, 1.165) is 48.7 Å². The Morgan fingerprint density at radius 2 is 2.03 bits per heavy atom. The first kappa shape index (κ1) is 22.2. The molecule has 3 N–H and O–H groups in total. The maximum absolute atomic E-state index is 12.3. The van der Waals surface area contributed by atoms with Gasteiger partial charge in [-0.2, -0.15) is 0 Å². The molecule has 1 aromatic rings. The molecule has 8 heteroatoms. The minimum Gasteiger partial charge on any atom is -0.494 e. The average Bonchev–Trinajstić information content (AvgIpc) is 3.18. The van der Waals surface area contributed by atoms with Crippen LogP contribution in [0.1, 0.15) is 63.4 Å². The summed E-state index contributed by atoms with van der Waals surface area (Å²) in [6.07, 6.45) is 10.2. The Morgan fingerprint density at radius 3 is 2.91 bits per heavy atom. The number of nitrogens with one attached hydrogen (secondary N) is 1. The summed E-state index contributed by atoms with van der Waals surface area (Å²) in [6.45, 7) is 2.64. The monoisotopic (exact) mass is 453 g/mol. The number of ether oxygens (including phenoxy) is 1. The standard InChI is InChI=1S/C25H35N5O3/c26-24(32)22(30-12-5-7-17-6-1-2-8-21(17)30)9-3-4-13-33-19-11-10-18-15-29-16-23(31)28-25(29)27-20(18)14-19/h10-11,14,17,21-22H,1-9,12-13,15-16H2,(H2,26,32)(H,27,28,31). The van der Waals surface area contributed by atoms with Gasteiger partial charge >= 0.3 is 0 Å². The molecule has 178 valence electrons. The fraction of sp³-hybridized carbons (Fsp3) is 0.640. The summed E-state index contributed by atoms with van der Waals surface area (Å²) in [7, 11) is 0. The van der Waals surface area contributed by atoms with E-state index in [1.54, 1.807) is 0 Å². The fourth-order valence-electron chi connectivity index (χ4n) is 6.06. The Bertz CT molecular complexity index is 931. The lowest BCUT2D eigenvalue weighted by atomic mass is 9.77. The zero-order chi connectivity index (χ0) is 22.8. The van der Waals surface area contributed by atoms with E-state index < -0.39 is 0 Å². The van der Waals surface area contributed by atoms with E-state index in [-0.39, 0.29) is 17.9 Å². The number of primary amides is 1. The number of carbonyl (C=O) groups excluding carboxylic acids is 2. The predicted molar refractivity (Wildman–Crippen MR) is 126 cm³/mol. The van der Waals surface area contributed by atoms with Crippen LogP contribution in [0.4, 0.5) is 5.69 Å². The molecule has 8 nitrogen and oxygen atoms in total. The number of guanidine groups is 1. The van der Waals surface area contributed by atoms with Gasteiger partial charge in [0.1, 0.15) is 12.3 Å². The maximum atomic E-state index is 12.3. The minimum absolute atomic E-state index is 0.0177. The number of piperidine rings is 1. The van der Waals surface area contributed by atoms with Crippen LogP contribution >= 0.6 is 0 Å². The summed E-state index contributed by atoms with van der Waals surface area (Å²) in [5.74, 6) is 1.96. The van der Waals surface area contributed by atoms with Crippen molar-refractivity contribution in [2.45, 2.75) is 76.4 Å². The highest BCUT2D eigenvalue weighted by Gasteiger charge is 2.38. The SMILES string of the molecule is NC(=O)C(CCCCOc1ccc2c(c1)N=C1NC(=O)CN1C2)N1CCCC2CCCCC21. The van der Waals surface area contributed by atoms with Crippen molar-refractivity contribution in [2.24, 2.45) is 16.6 Å². The quantitative estimate of drug-likeness (QED) is 0.590. The molecule has 0 spiro atoms. The van der Waals surface area contributed by atoms with Gasteiger partial charge in [0.2, 0.25) is 17.8 Å². The van der Waals surface area contributed by atoms with E-state index >= 15 is 0 Å². The van der Waals surface area contributed by atoms with E-state index in [1.807, 2.05) is 23.1 Å². The number of nitrogens with zero attached hydrogens (tertiary/aromatic N) is 3.